The Labute approximate surface area is 100 Å². The van der Waals surface area contributed by atoms with Gasteiger partial charge in [-0.2, -0.15) is 9.40 Å². The van der Waals surface area contributed by atoms with E-state index in [2.05, 4.69) is 5.10 Å². The van der Waals surface area contributed by atoms with Gasteiger partial charge in [0.05, 0.1) is 17.2 Å². The Morgan fingerprint density at radius 3 is 2.62 bits per heavy atom. The molecule has 0 radical (unpaired) electrons. The van der Waals surface area contributed by atoms with Crippen LogP contribution in [0.1, 0.15) is 6.92 Å². The van der Waals surface area contributed by atoms with Gasteiger partial charge < -0.3 is 5.73 Å². The minimum absolute atomic E-state index is 0.109. The average molecular weight is 262 g/mol. The maximum absolute atomic E-state index is 12.1. The van der Waals surface area contributed by atoms with Crippen LogP contribution in [0.3, 0.4) is 0 Å². The Balaban J connectivity index is 3.13. The van der Waals surface area contributed by atoms with Crippen molar-refractivity contribution in [2.45, 2.75) is 18.0 Å². The van der Waals surface area contributed by atoms with Gasteiger partial charge in [0.2, 0.25) is 0 Å². The highest BCUT2D eigenvalue weighted by molar-refractivity contribution is 7.89. The second-order valence-corrected chi connectivity index (χ2v) is 5.81. The van der Waals surface area contributed by atoms with Gasteiger partial charge in [-0.1, -0.05) is 12.2 Å². The first kappa shape index (κ1) is 13.1. The van der Waals surface area contributed by atoms with Gasteiger partial charge in [0, 0.05) is 14.1 Å². The highest BCUT2D eigenvalue weighted by Crippen LogP contribution is 2.15. The molecule has 0 aliphatic heterocycles. The van der Waals surface area contributed by atoms with Gasteiger partial charge in [0.25, 0.3) is 10.0 Å². The normalized spacial score (nSPS) is 14.0. The van der Waals surface area contributed by atoms with Crippen molar-refractivity contribution in [3.63, 3.8) is 0 Å². The SMILES string of the molecule is CC(C(N)=S)N(C)S(=O)(=O)c1ccnn1C. The highest BCUT2D eigenvalue weighted by Gasteiger charge is 2.28. The van der Waals surface area contributed by atoms with Crippen molar-refractivity contribution < 1.29 is 8.42 Å². The molecule has 1 atom stereocenters. The van der Waals surface area contributed by atoms with E-state index >= 15 is 0 Å². The lowest BCUT2D eigenvalue weighted by Crippen LogP contribution is -2.43. The molecule has 90 valence electrons. The van der Waals surface area contributed by atoms with Crippen molar-refractivity contribution in [3.05, 3.63) is 12.3 Å². The Bertz CT molecular complexity index is 494. The Hall–Kier alpha value is -0.990. The molecule has 6 nitrogen and oxygen atoms in total. The molecule has 2 N–H and O–H groups in total. The molecule has 0 aliphatic rings. The van der Waals surface area contributed by atoms with E-state index in [1.807, 2.05) is 0 Å². The van der Waals surface area contributed by atoms with Crippen LogP contribution in [0.25, 0.3) is 0 Å². The summed E-state index contributed by atoms with van der Waals surface area (Å²) in [4.78, 5) is 0.133. The molecule has 0 saturated heterocycles. The first-order chi connectivity index (χ1) is 7.28. The smallest absolute Gasteiger partial charge is 0.260 e. The van der Waals surface area contributed by atoms with Gasteiger partial charge in [0.1, 0.15) is 0 Å². The van der Waals surface area contributed by atoms with E-state index in [9.17, 15) is 8.42 Å². The molecule has 16 heavy (non-hydrogen) atoms. The van der Waals surface area contributed by atoms with Gasteiger partial charge in [-0.15, -0.1) is 0 Å². The maximum atomic E-state index is 12.1. The summed E-state index contributed by atoms with van der Waals surface area (Å²) < 4.78 is 26.6. The van der Waals surface area contributed by atoms with E-state index in [1.165, 1.54) is 24.0 Å². The number of thiocarbonyl (C=S) groups is 1. The Morgan fingerprint density at radius 1 is 1.69 bits per heavy atom. The van der Waals surface area contributed by atoms with Crippen molar-refractivity contribution >= 4 is 27.2 Å². The molecule has 0 saturated carbocycles. The molecule has 8 heteroatoms. The molecule has 1 aromatic heterocycles. The summed E-state index contributed by atoms with van der Waals surface area (Å²) in [5, 5.41) is 3.93. The average Bonchev–Trinajstić information content (AvgIpc) is 2.62. The van der Waals surface area contributed by atoms with Crippen molar-refractivity contribution in [1.82, 2.24) is 14.1 Å². The first-order valence-electron chi connectivity index (χ1n) is 4.54. The number of hydrogen-bond donors (Lipinski definition) is 1. The van der Waals surface area contributed by atoms with Gasteiger partial charge >= 0.3 is 0 Å². The third-order valence-electron chi connectivity index (χ3n) is 2.38. The molecule has 1 heterocycles. The van der Waals surface area contributed by atoms with Crippen molar-refractivity contribution in [2.24, 2.45) is 12.8 Å². The lowest BCUT2D eigenvalue weighted by molar-refractivity contribution is 0.443. The minimum Gasteiger partial charge on any atom is -0.392 e. The third-order valence-corrected chi connectivity index (χ3v) is 4.72. The van der Waals surface area contributed by atoms with Crippen molar-refractivity contribution in [2.75, 3.05) is 7.05 Å². The second-order valence-electron chi connectivity index (χ2n) is 3.39. The molecule has 0 spiro atoms. The summed E-state index contributed by atoms with van der Waals surface area (Å²) in [6.45, 7) is 1.64. The Kier molecular flexibility index (Phi) is 3.66. The monoisotopic (exact) mass is 262 g/mol. The summed E-state index contributed by atoms with van der Waals surface area (Å²) in [6, 6.07) is 0.896. The zero-order chi connectivity index (χ0) is 12.5. The van der Waals surface area contributed by atoms with Crippen LogP contribution in [-0.4, -0.2) is 40.6 Å². The minimum atomic E-state index is -3.60. The van der Waals surface area contributed by atoms with E-state index in [0.717, 1.165) is 4.31 Å². The summed E-state index contributed by atoms with van der Waals surface area (Å²) in [5.41, 5.74) is 5.43. The standard InChI is InChI=1S/C8H14N4O2S2/c1-6(8(9)15)12(3)16(13,14)7-4-5-10-11(7)2/h4-6H,1-3H3,(H2,9,15). The fourth-order valence-electron chi connectivity index (χ4n) is 1.15. The van der Waals surface area contributed by atoms with Crippen LogP contribution >= 0.6 is 12.2 Å². The lowest BCUT2D eigenvalue weighted by Gasteiger charge is -2.22. The molecule has 1 aromatic rings. The first-order valence-corrected chi connectivity index (χ1v) is 6.38. The van der Waals surface area contributed by atoms with Crippen molar-refractivity contribution in [1.29, 1.82) is 0 Å². The fraction of sp³-hybridized carbons (Fsp3) is 0.500. The number of rotatable bonds is 4. The number of sulfonamides is 1. The molecule has 0 aliphatic carbocycles. The number of nitrogens with two attached hydrogens (primary N) is 1. The molecule has 0 fully saturated rings. The maximum Gasteiger partial charge on any atom is 0.260 e. The van der Waals surface area contributed by atoms with Crippen LogP contribution in [0.15, 0.2) is 17.3 Å². The lowest BCUT2D eigenvalue weighted by atomic mass is 10.3. The van der Waals surface area contributed by atoms with E-state index in [0.29, 0.717) is 0 Å². The number of nitrogens with zero attached hydrogens (tertiary/aromatic N) is 3. The predicted molar refractivity (Wildman–Crippen MR) is 64.4 cm³/mol. The number of aromatic nitrogens is 2. The summed E-state index contributed by atoms with van der Waals surface area (Å²) in [5.74, 6) is 0. The van der Waals surface area contributed by atoms with Gasteiger partial charge in [-0.05, 0) is 13.0 Å². The van der Waals surface area contributed by atoms with E-state index < -0.39 is 16.1 Å². The largest absolute Gasteiger partial charge is 0.392 e. The molecule has 1 rings (SSSR count). The van der Waals surface area contributed by atoms with Crippen LogP contribution < -0.4 is 5.73 Å². The van der Waals surface area contributed by atoms with Crippen LogP contribution in [0.5, 0.6) is 0 Å². The zero-order valence-electron chi connectivity index (χ0n) is 9.28. The van der Waals surface area contributed by atoms with E-state index in [4.69, 9.17) is 18.0 Å². The topological polar surface area (TPSA) is 81.2 Å². The van der Waals surface area contributed by atoms with Crippen LogP contribution in [0.4, 0.5) is 0 Å². The van der Waals surface area contributed by atoms with E-state index in [1.54, 1.807) is 14.0 Å². The van der Waals surface area contributed by atoms with Crippen molar-refractivity contribution in [3.8, 4) is 0 Å². The number of likely N-dealkylation sites (N-methyl/N-ethyl adjacent to an activating group) is 1. The van der Waals surface area contributed by atoms with Gasteiger partial charge in [0.15, 0.2) is 5.03 Å². The van der Waals surface area contributed by atoms with Gasteiger partial charge in [-0.3, -0.25) is 4.68 Å². The molecule has 0 aromatic carbocycles. The molecule has 0 bridgehead atoms. The van der Waals surface area contributed by atoms with Crippen LogP contribution in [0, 0.1) is 0 Å². The summed E-state index contributed by atoms with van der Waals surface area (Å²) in [6.07, 6.45) is 1.42. The zero-order valence-corrected chi connectivity index (χ0v) is 10.9. The van der Waals surface area contributed by atoms with E-state index in [-0.39, 0.29) is 10.0 Å². The predicted octanol–water partition coefficient (Wildman–Crippen LogP) is -0.285. The van der Waals surface area contributed by atoms with Crippen LogP contribution in [0.2, 0.25) is 0 Å². The summed E-state index contributed by atoms with van der Waals surface area (Å²) >= 11 is 4.77. The van der Waals surface area contributed by atoms with Crippen LogP contribution in [-0.2, 0) is 17.1 Å². The Morgan fingerprint density at radius 2 is 2.25 bits per heavy atom. The molecular formula is C8H14N4O2S2. The molecule has 1 unspecified atom stereocenters. The fourth-order valence-corrected chi connectivity index (χ4v) is 2.81. The molecule has 0 amide bonds. The number of aryl methyl sites for hydroxylation is 1. The number of hydrogen-bond acceptors (Lipinski definition) is 4. The highest BCUT2D eigenvalue weighted by atomic mass is 32.2. The third kappa shape index (κ3) is 2.23. The second kappa shape index (κ2) is 4.48. The summed E-state index contributed by atoms with van der Waals surface area (Å²) in [7, 11) is -0.606. The molecular weight excluding hydrogens is 248 g/mol. The van der Waals surface area contributed by atoms with Gasteiger partial charge in [-0.25, -0.2) is 8.42 Å². The quantitative estimate of drug-likeness (QED) is 0.754.